The van der Waals surface area contributed by atoms with Crippen LogP contribution < -0.4 is 4.90 Å². The van der Waals surface area contributed by atoms with Crippen LogP contribution in [0.15, 0.2) is 194 Å². The van der Waals surface area contributed by atoms with Gasteiger partial charge in [0.2, 0.25) is 0 Å². The standard InChI is InChI=1S/C53H38N2/c1-53(2)46-25-13-9-21-41(46)42-30-29-39(34-47(42)53)54-48-26-14-10-22-43(48)51-44-23-11-15-27-49(44)55(52(51)45-24-12-16-28-50(45)54)40-32-37(35-17-5-3-6-18-35)31-38(33-40)36-19-7-4-8-20-36/h3-34H,1-2H3. The van der Waals surface area contributed by atoms with Crippen molar-refractivity contribution in [1.29, 1.82) is 0 Å². The second kappa shape index (κ2) is 12.1. The van der Waals surface area contributed by atoms with Crippen LogP contribution in [0.4, 0.5) is 17.1 Å². The molecule has 0 saturated carbocycles. The lowest BCUT2D eigenvalue weighted by Gasteiger charge is -2.29. The summed E-state index contributed by atoms with van der Waals surface area (Å²) < 4.78 is 2.52. The molecule has 0 unspecified atom stereocenters. The summed E-state index contributed by atoms with van der Waals surface area (Å²) in [7, 11) is 0. The third-order valence-corrected chi connectivity index (χ3v) is 11.9. The number of hydrogen-bond acceptors (Lipinski definition) is 1. The zero-order chi connectivity index (χ0) is 36.7. The lowest BCUT2D eigenvalue weighted by Crippen LogP contribution is -2.16. The first-order valence-electron chi connectivity index (χ1n) is 19.2. The quantitative estimate of drug-likeness (QED) is 0.177. The van der Waals surface area contributed by atoms with E-state index < -0.39 is 0 Å². The Labute approximate surface area is 322 Å². The fourth-order valence-corrected chi connectivity index (χ4v) is 9.36. The van der Waals surface area contributed by atoms with Gasteiger partial charge in [-0.2, -0.15) is 0 Å². The Morgan fingerprint density at radius 3 is 1.64 bits per heavy atom. The zero-order valence-electron chi connectivity index (χ0n) is 30.9. The monoisotopic (exact) mass is 702 g/mol. The van der Waals surface area contributed by atoms with Crippen molar-refractivity contribution in [2.24, 2.45) is 0 Å². The summed E-state index contributed by atoms with van der Waals surface area (Å²) in [5.74, 6) is 0. The van der Waals surface area contributed by atoms with E-state index in [4.69, 9.17) is 0 Å². The Bertz CT molecular complexity index is 2890. The number of aromatic nitrogens is 1. The van der Waals surface area contributed by atoms with Crippen LogP contribution in [-0.4, -0.2) is 4.57 Å². The van der Waals surface area contributed by atoms with E-state index in [0.717, 1.165) is 17.1 Å². The van der Waals surface area contributed by atoms with E-state index in [0.29, 0.717) is 0 Å². The molecule has 1 aliphatic carbocycles. The van der Waals surface area contributed by atoms with Gasteiger partial charge in [0.25, 0.3) is 0 Å². The largest absolute Gasteiger partial charge is 0.309 e. The van der Waals surface area contributed by atoms with E-state index in [1.807, 2.05) is 0 Å². The smallest absolute Gasteiger partial charge is 0.0641 e. The van der Waals surface area contributed by atoms with E-state index in [1.165, 1.54) is 83.5 Å². The third-order valence-electron chi connectivity index (χ3n) is 11.9. The van der Waals surface area contributed by atoms with Crippen LogP contribution in [0.25, 0.3) is 72.4 Å². The molecule has 2 aliphatic rings. The zero-order valence-corrected chi connectivity index (χ0v) is 30.9. The van der Waals surface area contributed by atoms with E-state index in [9.17, 15) is 0 Å². The lowest BCUT2D eigenvalue weighted by molar-refractivity contribution is 0.660. The summed E-state index contributed by atoms with van der Waals surface area (Å²) in [6.45, 7) is 4.73. The second-order valence-corrected chi connectivity index (χ2v) is 15.3. The van der Waals surface area contributed by atoms with Crippen molar-refractivity contribution < 1.29 is 0 Å². The van der Waals surface area contributed by atoms with Crippen LogP contribution in [0.1, 0.15) is 25.0 Å². The summed E-state index contributed by atoms with van der Waals surface area (Å²) in [6.07, 6.45) is 0. The van der Waals surface area contributed by atoms with Crippen molar-refractivity contribution in [3.63, 3.8) is 0 Å². The van der Waals surface area contributed by atoms with Gasteiger partial charge in [0, 0.05) is 38.9 Å². The van der Waals surface area contributed by atoms with Crippen molar-refractivity contribution in [3.8, 4) is 61.5 Å². The van der Waals surface area contributed by atoms with E-state index in [2.05, 4.69) is 217 Å². The molecular formula is C53H38N2. The molecule has 0 radical (unpaired) electrons. The molecule has 2 heterocycles. The Hall–Kier alpha value is -6.90. The molecule has 0 amide bonds. The molecule has 0 N–H and O–H groups in total. The van der Waals surface area contributed by atoms with Crippen molar-refractivity contribution in [2.75, 3.05) is 4.90 Å². The molecule has 2 heteroatoms. The average Bonchev–Trinajstić information content (AvgIpc) is 3.66. The van der Waals surface area contributed by atoms with Gasteiger partial charge in [0.05, 0.1) is 22.6 Å². The molecule has 2 nitrogen and oxygen atoms in total. The molecule has 9 aromatic rings. The van der Waals surface area contributed by atoms with Crippen LogP contribution in [0.2, 0.25) is 0 Å². The van der Waals surface area contributed by atoms with Crippen molar-refractivity contribution >= 4 is 28.0 Å². The minimum atomic E-state index is -0.108. The molecule has 55 heavy (non-hydrogen) atoms. The molecule has 0 atom stereocenters. The predicted octanol–water partition coefficient (Wildman–Crippen LogP) is 14.4. The van der Waals surface area contributed by atoms with E-state index in [-0.39, 0.29) is 5.41 Å². The minimum Gasteiger partial charge on any atom is -0.309 e. The van der Waals surface area contributed by atoms with Crippen LogP contribution in [-0.2, 0) is 5.41 Å². The molecule has 1 aromatic heterocycles. The van der Waals surface area contributed by atoms with Crippen LogP contribution >= 0.6 is 0 Å². The van der Waals surface area contributed by atoms with Gasteiger partial charge >= 0.3 is 0 Å². The Kier molecular flexibility index (Phi) is 6.93. The summed E-state index contributed by atoms with van der Waals surface area (Å²) in [6, 6.07) is 71.5. The van der Waals surface area contributed by atoms with Crippen LogP contribution in [0, 0.1) is 0 Å². The summed E-state index contributed by atoms with van der Waals surface area (Å²) >= 11 is 0. The highest BCUT2D eigenvalue weighted by Gasteiger charge is 2.37. The first-order valence-corrected chi connectivity index (χ1v) is 19.2. The van der Waals surface area contributed by atoms with Crippen molar-refractivity contribution in [3.05, 3.63) is 205 Å². The fraction of sp³-hybridized carbons (Fsp3) is 0.0566. The molecule has 8 aromatic carbocycles. The van der Waals surface area contributed by atoms with Gasteiger partial charge in [-0.15, -0.1) is 0 Å². The summed E-state index contributed by atoms with van der Waals surface area (Å²) in [4.78, 5) is 2.50. The van der Waals surface area contributed by atoms with Gasteiger partial charge in [0.15, 0.2) is 0 Å². The fourth-order valence-electron chi connectivity index (χ4n) is 9.36. The number of nitrogens with zero attached hydrogens (tertiary/aromatic N) is 2. The van der Waals surface area contributed by atoms with Crippen molar-refractivity contribution in [2.45, 2.75) is 19.3 Å². The first kappa shape index (κ1) is 31.6. The highest BCUT2D eigenvalue weighted by Crippen LogP contribution is 2.56. The third kappa shape index (κ3) is 4.74. The van der Waals surface area contributed by atoms with Crippen LogP contribution in [0.5, 0.6) is 0 Å². The maximum atomic E-state index is 2.52. The van der Waals surface area contributed by atoms with Gasteiger partial charge in [0.1, 0.15) is 0 Å². The average molecular weight is 703 g/mol. The Morgan fingerprint density at radius 2 is 0.927 bits per heavy atom. The van der Waals surface area contributed by atoms with E-state index in [1.54, 1.807) is 0 Å². The normalized spacial score (nSPS) is 13.4. The maximum Gasteiger partial charge on any atom is 0.0641 e. The van der Waals surface area contributed by atoms with Crippen LogP contribution in [0.3, 0.4) is 0 Å². The Balaban J connectivity index is 1.21. The second-order valence-electron chi connectivity index (χ2n) is 15.3. The molecular weight excluding hydrogens is 665 g/mol. The number of fused-ring (bicyclic) bond motifs is 10. The molecule has 11 rings (SSSR count). The molecule has 0 spiro atoms. The van der Waals surface area contributed by atoms with Gasteiger partial charge in [-0.25, -0.2) is 0 Å². The summed E-state index contributed by atoms with van der Waals surface area (Å²) in [5.41, 5.74) is 20.8. The summed E-state index contributed by atoms with van der Waals surface area (Å²) in [5, 5.41) is 1.23. The maximum absolute atomic E-state index is 2.52. The molecule has 0 fully saturated rings. The first-order chi connectivity index (χ1) is 27.1. The highest BCUT2D eigenvalue weighted by atomic mass is 15.2. The molecule has 0 bridgehead atoms. The number of para-hydroxylation sites is 3. The van der Waals surface area contributed by atoms with E-state index >= 15 is 0 Å². The molecule has 260 valence electrons. The number of benzene rings is 8. The van der Waals surface area contributed by atoms with Gasteiger partial charge in [-0.1, -0.05) is 159 Å². The SMILES string of the molecule is CC1(C)c2ccccc2-c2ccc(N3c4ccccc4-c4c(n(-c5cc(-c6ccccc6)cc(-c6ccccc6)c5)c5ccccc45)-c4ccccc43)cc21. The number of rotatable bonds is 4. The topological polar surface area (TPSA) is 8.17 Å². The predicted molar refractivity (Wildman–Crippen MR) is 231 cm³/mol. The molecule has 0 saturated heterocycles. The van der Waals surface area contributed by atoms with Gasteiger partial charge in [-0.3, -0.25) is 0 Å². The lowest BCUT2D eigenvalue weighted by atomic mass is 9.82. The van der Waals surface area contributed by atoms with Crippen molar-refractivity contribution in [1.82, 2.24) is 4.57 Å². The molecule has 1 aliphatic heterocycles. The number of anilines is 3. The minimum absolute atomic E-state index is 0.108. The Morgan fingerprint density at radius 1 is 0.382 bits per heavy atom. The van der Waals surface area contributed by atoms with Gasteiger partial charge in [-0.05, 0) is 93.0 Å². The number of hydrogen-bond donors (Lipinski definition) is 0. The highest BCUT2D eigenvalue weighted by molar-refractivity contribution is 6.13. The van der Waals surface area contributed by atoms with Gasteiger partial charge < -0.3 is 9.47 Å².